The van der Waals surface area contributed by atoms with Crippen molar-refractivity contribution in [1.29, 1.82) is 0 Å². The van der Waals surface area contributed by atoms with Crippen LogP contribution in [0.5, 0.6) is 11.5 Å². The van der Waals surface area contributed by atoms with Crippen LogP contribution in [0.25, 0.3) is 0 Å². The molecule has 31 heavy (non-hydrogen) atoms. The van der Waals surface area contributed by atoms with Gasteiger partial charge in [-0.3, -0.25) is 0 Å². The standard InChI is InChI=1S/C25H35N3O3/c1-25(2,3)21-14-20(31-4)15-22(23(21)29)27-24(30)28(16-18-8-6-5-7-9-18)17-19-10-12-26-13-11-19/h5-9,14-15,19,26,29H,10-13,16-17H2,1-4H3,(H,27,30). The SMILES string of the molecule is COc1cc(NC(=O)N(Cc2ccccc2)CC2CCNCC2)c(O)c(C(C)(C)C)c1. The third-order valence-corrected chi connectivity index (χ3v) is 5.81. The van der Waals surface area contributed by atoms with Gasteiger partial charge in [0.05, 0.1) is 12.8 Å². The van der Waals surface area contributed by atoms with Crippen molar-refractivity contribution in [1.82, 2.24) is 10.2 Å². The van der Waals surface area contributed by atoms with Gasteiger partial charge in [0.1, 0.15) is 11.5 Å². The Hall–Kier alpha value is -2.73. The Labute approximate surface area is 185 Å². The first-order valence-electron chi connectivity index (χ1n) is 11.0. The van der Waals surface area contributed by atoms with E-state index in [1.54, 1.807) is 13.2 Å². The maximum absolute atomic E-state index is 13.4. The molecule has 0 spiro atoms. The Balaban J connectivity index is 1.85. The minimum atomic E-state index is -0.295. The van der Waals surface area contributed by atoms with E-state index in [2.05, 4.69) is 10.6 Å². The van der Waals surface area contributed by atoms with Gasteiger partial charge in [0, 0.05) is 24.7 Å². The molecule has 6 heteroatoms. The Morgan fingerprint density at radius 3 is 2.48 bits per heavy atom. The van der Waals surface area contributed by atoms with Gasteiger partial charge >= 0.3 is 6.03 Å². The summed E-state index contributed by atoms with van der Waals surface area (Å²) < 4.78 is 5.42. The molecule has 0 atom stereocenters. The Bertz CT molecular complexity index is 872. The van der Waals surface area contributed by atoms with Crippen LogP contribution in [0.4, 0.5) is 10.5 Å². The zero-order chi connectivity index (χ0) is 22.4. The summed E-state index contributed by atoms with van der Waals surface area (Å²) >= 11 is 0. The van der Waals surface area contributed by atoms with Crippen LogP contribution < -0.4 is 15.4 Å². The highest BCUT2D eigenvalue weighted by molar-refractivity contribution is 5.91. The number of hydrogen-bond acceptors (Lipinski definition) is 4. The predicted octanol–water partition coefficient (Wildman–Crippen LogP) is 4.73. The molecule has 0 aliphatic carbocycles. The molecule has 0 radical (unpaired) electrons. The number of piperidine rings is 1. The average molecular weight is 426 g/mol. The molecule has 1 heterocycles. The first kappa shape index (κ1) is 22.9. The van der Waals surface area contributed by atoms with Crippen molar-refractivity contribution in [3.63, 3.8) is 0 Å². The molecule has 3 N–H and O–H groups in total. The summed E-state index contributed by atoms with van der Waals surface area (Å²) in [5.74, 6) is 1.15. The van der Waals surface area contributed by atoms with Gasteiger partial charge in [-0.1, -0.05) is 51.1 Å². The van der Waals surface area contributed by atoms with Crippen molar-refractivity contribution in [2.24, 2.45) is 5.92 Å². The van der Waals surface area contributed by atoms with Gasteiger partial charge in [0.25, 0.3) is 0 Å². The lowest BCUT2D eigenvalue weighted by atomic mass is 9.85. The number of urea groups is 1. The fraction of sp³-hybridized carbons (Fsp3) is 0.480. The molecule has 1 aliphatic rings. The maximum Gasteiger partial charge on any atom is 0.322 e. The number of anilines is 1. The van der Waals surface area contributed by atoms with Crippen LogP contribution in [0.15, 0.2) is 42.5 Å². The molecule has 0 saturated carbocycles. The summed E-state index contributed by atoms with van der Waals surface area (Å²) in [6, 6.07) is 13.3. The normalized spacial score (nSPS) is 14.8. The van der Waals surface area contributed by atoms with E-state index < -0.39 is 0 Å². The summed E-state index contributed by atoms with van der Waals surface area (Å²) in [7, 11) is 1.59. The Morgan fingerprint density at radius 1 is 1.19 bits per heavy atom. The van der Waals surface area contributed by atoms with Gasteiger partial charge in [0.2, 0.25) is 0 Å². The number of benzene rings is 2. The van der Waals surface area contributed by atoms with Gasteiger partial charge in [-0.15, -0.1) is 0 Å². The third kappa shape index (κ3) is 6.14. The van der Waals surface area contributed by atoms with Crippen LogP contribution in [0.1, 0.15) is 44.7 Å². The molecule has 1 aliphatic heterocycles. The monoisotopic (exact) mass is 425 g/mol. The van der Waals surface area contributed by atoms with Crippen LogP contribution >= 0.6 is 0 Å². The van der Waals surface area contributed by atoms with Gasteiger partial charge in [-0.25, -0.2) is 4.79 Å². The number of phenols is 1. The van der Waals surface area contributed by atoms with Crippen LogP contribution in [-0.4, -0.2) is 42.8 Å². The van der Waals surface area contributed by atoms with E-state index in [1.165, 1.54) is 0 Å². The number of methoxy groups -OCH3 is 1. The highest BCUT2D eigenvalue weighted by atomic mass is 16.5. The smallest absolute Gasteiger partial charge is 0.322 e. The molecular weight excluding hydrogens is 390 g/mol. The largest absolute Gasteiger partial charge is 0.505 e. The van der Waals surface area contributed by atoms with E-state index in [4.69, 9.17) is 4.74 Å². The fourth-order valence-electron chi connectivity index (χ4n) is 3.99. The second kappa shape index (κ2) is 10.1. The van der Waals surface area contributed by atoms with E-state index in [-0.39, 0.29) is 17.2 Å². The molecule has 1 fully saturated rings. The van der Waals surface area contributed by atoms with Crippen LogP contribution in [0, 0.1) is 5.92 Å². The number of ether oxygens (including phenoxy) is 1. The average Bonchev–Trinajstić information content (AvgIpc) is 2.75. The van der Waals surface area contributed by atoms with Crippen molar-refractivity contribution < 1.29 is 14.6 Å². The van der Waals surface area contributed by atoms with Gasteiger partial charge in [0.15, 0.2) is 0 Å². The van der Waals surface area contributed by atoms with E-state index in [1.807, 2.05) is 62.1 Å². The van der Waals surface area contributed by atoms with Gasteiger partial charge in [-0.2, -0.15) is 0 Å². The Morgan fingerprint density at radius 2 is 1.87 bits per heavy atom. The van der Waals surface area contributed by atoms with Crippen LogP contribution in [0.2, 0.25) is 0 Å². The second-order valence-electron chi connectivity index (χ2n) is 9.31. The summed E-state index contributed by atoms with van der Waals surface area (Å²) in [4.78, 5) is 15.2. The lowest BCUT2D eigenvalue weighted by molar-refractivity contribution is 0.189. The van der Waals surface area contributed by atoms with E-state index in [0.717, 1.165) is 37.1 Å². The third-order valence-electron chi connectivity index (χ3n) is 5.81. The molecule has 168 valence electrons. The van der Waals surface area contributed by atoms with Crippen molar-refractivity contribution >= 4 is 11.7 Å². The summed E-state index contributed by atoms with van der Waals surface area (Å²) in [6.45, 7) is 9.23. The number of amides is 2. The number of hydrogen-bond donors (Lipinski definition) is 3. The zero-order valence-electron chi connectivity index (χ0n) is 19.1. The van der Waals surface area contributed by atoms with E-state index in [0.29, 0.717) is 30.4 Å². The molecule has 3 rings (SSSR count). The number of rotatable bonds is 6. The van der Waals surface area contributed by atoms with E-state index in [9.17, 15) is 9.90 Å². The maximum atomic E-state index is 13.4. The summed E-state index contributed by atoms with van der Waals surface area (Å²) in [6.07, 6.45) is 2.11. The number of carbonyl (C=O) groups excluding carboxylic acids is 1. The molecular formula is C25H35N3O3. The fourth-order valence-corrected chi connectivity index (χ4v) is 3.99. The lowest BCUT2D eigenvalue weighted by Crippen LogP contribution is -2.41. The van der Waals surface area contributed by atoms with Crippen molar-refractivity contribution in [2.45, 2.75) is 45.6 Å². The van der Waals surface area contributed by atoms with Crippen molar-refractivity contribution in [3.8, 4) is 11.5 Å². The molecule has 2 aromatic carbocycles. The topological polar surface area (TPSA) is 73.8 Å². The molecule has 1 saturated heterocycles. The van der Waals surface area contributed by atoms with Crippen LogP contribution in [-0.2, 0) is 12.0 Å². The number of carbonyl (C=O) groups is 1. The minimum absolute atomic E-state index is 0.0863. The summed E-state index contributed by atoms with van der Waals surface area (Å²) in [5.41, 5.74) is 1.89. The number of aromatic hydroxyl groups is 1. The minimum Gasteiger partial charge on any atom is -0.505 e. The highest BCUT2D eigenvalue weighted by Gasteiger charge is 2.25. The second-order valence-corrected chi connectivity index (χ2v) is 9.31. The van der Waals surface area contributed by atoms with Gasteiger partial charge < -0.3 is 25.4 Å². The molecule has 6 nitrogen and oxygen atoms in total. The zero-order valence-corrected chi connectivity index (χ0v) is 19.1. The molecule has 0 aromatic heterocycles. The number of phenolic OH excluding ortho intramolecular Hbond substituents is 1. The first-order valence-corrected chi connectivity index (χ1v) is 11.0. The van der Waals surface area contributed by atoms with Crippen molar-refractivity contribution in [2.75, 3.05) is 32.1 Å². The first-order chi connectivity index (χ1) is 14.8. The highest BCUT2D eigenvalue weighted by Crippen LogP contribution is 2.39. The predicted molar refractivity (Wildman–Crippen MR) is 125 cm³/mol. The van der Waals surface area contributed by atoms with Gasteiger partial charge in [-0.05, 0) is 48.9 Å². The number of nitrogens with one attached hydrogen (secondary N) is 2. The lowest BCUT2D eigenvalue weighted by Gasteiger charge is -2.31. The molecule has 2 aromatic rings. The summed E-state index contributed by atoms with van der Waals surface area (Å²) in [5, 5.41) is 17.2. The number of nitrogens with zero attached hydrogens (tertiary/aromatic N) is 1. The van der Waals surface area contributed by atoms with Crippen LogP contribution in [0.3, 0.4) is 0 Å². The quantitative estimate of drug-likeness (QED) is 0.585. The Kier molecular flexibility index (Phi) is 7.44. The molecule has 0 unspecified atom stereocenters. The van der Waals surface area contributed by atoms with E-state index >= 15 is 0 Å². The van der Waals surface area contributed by atoms with Crippen molar-refractivity contribution in [3.05, 3.63) is 53.6 Å². The molecule has 2 amide bonds. The molecule has 0 bridgehead atoms.